The predicted octanol–water partition coefficient (Wildman–Crippen LogP) is 1.30. The van der Waals surface area contributed by atoms with Gasteiger partial charge in [-0.25, -0.2) is 0 Å². The third-order valence-electron chi connectivity index (χ3n) is 2.42. The summed E-state index contributed by atoms with van der Waals surface area (Å²) in [5.74, 6) is -0.291. The Balaban J connectivity index is 2.76. The van der Waals surface area contributed by atoms with E-state index in [1.165, 1.54) is 0 Å². The smallest absolute Gasteiger partial charge is 0.244 e. The number of nitrogens with one attached hydrogen (secondary N) is 1. The second-order valence-electron chi connectivity index (χ2n) is 3.65. The summed E-state index contributed by atoms with van der Waals surface area (Å²) in [6.45, 7) is 3.44. The summed E-state index contributed by atoms with van der Waals surface area (Å²) in [6, 6.07) is 2.02. The lowest BCUT2D eigenvalue weighted by Crippen LogP contribution is -2.31. The van der Waals surface area contributed by atoms with Crippen molar-refractivity contribution in [2.24, 2.45) is 12.5 Å². The van der Waals surface area contributed by atoms with Crippen LogP contribution in [0.5, 0.6) is 0 Å². The lowest BCUT2D eigenvalue weighted by molar-refractivity contribution is -0.122. The molecule has 1 amide bonds. The number of carbonyl (C=O) groups is 1. The van der Waals surface area contributed by atoms with Gasteiger partial charge in [-0.15, -0.1) is 0 Å². The zero-order valence-corrected chi connectivity index (χ0v) is 9.11. The monoisotopic (exact) mass is 206 g/mol. The number of nitrogens with zero attached hydrogens (tertiary/aromatic N) is 3. The molecular formula is C10H14N4O. The maximum absolute atomic E-state index is 11.7. The van der Waals surface area contributed by atoms with Crippen LogP contribution in [0.2, 0.25) is 0 Å². The van der Waals surface area contributed by atoms with Crippen molar-refractivity contribution in [1.29, 1.82) is 5.26 Å². The van der Waals surface area contributed by atoms with E-state index >= 15 is 0 Å². The van der Waals surface area contributed by atoms with E-state index in [0.717, 1.165) is 0 Å². The fraction of sp³-hybridized carbons (Fsp3) is 0.500. The zero-order valence-electron chi connectivity index (χ0n) is 9.11. The Morgan fingerprint density at radius 1 is 1.80 bits per heavy atom. The molecule has 0 saturated heterocycles. The Bertz CT molecular complexity index is 404. The number of carbonyl (C=O) groups excluding carboxylic acids is 1. The second kappa shape index (κ2) is 4.13. The molecule has 0 aromatic carbocycles. The average Bonchev–Trinajstić information content (AvgIpc) is 2.62. The van der Waals surface area contributed by atoms with Crippen LogP contribution in [0.1, 0.15) is 20.3 Å². The van der Waals surface area contributed by atoms with Gasteiger partial charge in [-0.3, -0.25) is 9.48 Å². The van der Waals surface area contributed by atoms with E-state index in [2.05, 4.69) is 10.4 Å². The van der Waals surface area contributed by atoms with Gasteiger partial charge in [-0.1, -0.05) is 6.92 Å². The third-order valence-corrected chi connectivity index (χ3v) is 2.42. The molecular weight excluding hydrogens is 192 g/mol. The molecule has 1 rings (SSSR count). The van der Waals surface area contributed by atoms with Gasteiger partial charge in [-0.05, 0) is 13.3 Å². The van der Waals surface area contributed by atoms with Crippen LogP contribution in [-0.2, 0) is 11.8 Å². The first-order chi connectivity index (χ1) is 7.01. The first-order valence-electron chi connectivity index (χ1n) is 4.73. The highest BCUT2D eigenvalue weighted by molar-refractivity contribution is 5.96. The zero-order chi connectivity index (χ0) is 11.5. The number of anilines is 1. The van der Waals surface area contributed by atoms with E-state index in [-0.39, 0.29) is 5.91 Å². The van der Waals surface area contributed by atoms with Gasteiger partial charge in [0.05, 0.1) is 18.0 Å². The Morgan fingerprint density at radius 2 is 2.47 bits per heavy atom. The molecule has 80 valence electrons. The minimum Gasteiger partial charge on any atom is -0.322 e. The number of aromatic nitrogens is 2. The molecule has 15 heavy (non-hydrogen) atoms. The van der Waals surface area contributed by atoms with Crippen LogP contribution in [0, 0.1) is 16.7 Å². The lowest BCUT2D eigenvalue weighted by atomic mass is 9.88. The standard InChI is InChI=1S/C10H14N4O/c1-4-10(2,7-11)9(15)13-8-5-12-14(3)6-8/h5-6H,4H2,1-3H3,(H,13,15). The first kappa shape index (κ1) is 11.2. The van der Waals surface area contributed by atoms with E-state index in [9.17, 15) is 4.79 Å². The van der Waals surface area contributed by atoms with E-state index < -0.39 is 5.41 Å². The number of aryl methyl sites for hydroxylation is 1. The summed E-state index contributed by atoms with van der Waals surface area (Å²) in [7, 11) is 1.76. The molecule has 0 fully saturated rings. The molecule has 0 saturated carbocycles. The average molecular weight is 206 g/mol. The Kier molecular flexibility index (Phi) is 3.10. The molecule has 5 nitrogen and oxygen atoms in total. The second-order valence-corrected chi connectivity index (χ2v) is 3.65. The SMILES string of the molecule is CCC(C)(C#N)C(=O)Nc1cnn(C)c1. The minimum absolute atomic E-state index is 0.291. The van der Waals surface area contributed by atoms with Gasteiger partial charge in [0.25, 0.3) is 0 Å². The summed E-state index contributed by atoms with van der Waals surface area (Å²) in [4.78, 5) is 11.7. The van der Waals surface area contributed by atoms with Crippen molar-refractivity contribution in [2.45, 2.75) is 20.3 Å². The molecule has 1 aromatic rings. The fourth-order valence-corrected chi connectivity index (χ4v) is 1.05. The van der Waals surface area contributed by atoms with Crippen molar-refractivity contribution < 1.29 is 4.79 Å². The van der Waals surface area contributed by atoms with Crippen molar-refractivity contribution in [3.8, 4) is 6.07 Å². The number of nitriles is 1. The van der Waals surface area contributed by atoms with Crippen LogP contribution in [0.3, 0.4) is 0 Å². The molecule has 0 bridgehead atoms. The molecule has 1 heterocycles. The highest BCUT2D eigenvalue weighted by atomic mass is 16.2. The normalized spacial score (nSPS) is 14.0. The van der Waals surface area contributed by atoms with E-state index in [1.807, 2.05) is 13.0 Å². The summed E-state index contributed by atoms with van der Waals surface area (Å²) in [6.07, 6.45) is 3.71. The van der Waals surface area contributed by atoms with Crippen molar-refractivity contribution in [3.63, 3.8) is 0 Å². The summed E-state index contributed by atoms with van der Waals surface area (Å²) >= 11 is 0. The van der Waals surface area contributed by atoms with Gasteiger partial charge in [0.2, 0.25) is 5.91 Å². The molecule has 0 aliphatic carbocycles. The van der Waals surface area contributed by atoms with Gasteiger partial charge >= 0.3 is 0 Å². The van der Waals surface area contributed by atoms with Crippen molar-refractivity contribution in [3.05, 3.63) is 12.4 Å². The van der Waals surface area contributed by atoms with Gasteiger partial charge < -0.3 is 5.32 Å². The van der Waals surface area contributed by atoms with Crippen LogP contribution >= 0.6 is 0 Å². The predicted molar refractivity (Wildman–Crippen MR) is 55.8 cm³/mol. The molecule has 0 spiro atoms. The van der Waals surface area contributed by atoms with Crippen LogP contribution in [0.4, 0.5) is 5.69 Å². The lowest BCUT2D eigenvalue weighted by Gasteiger charge is -2.17. The molecule has 0 radical (unpaired) electrons. The van der Waals surface area contributed by atoms with Crippen molar-refractivity contribution in [1.82, 2.24) is 9.78 Å². The molecule has 0 aliphatic heterocycles. The minimum atomic E-state index is -0.976. The van der Waals surface area contributed by atoms with Gasteiger partial charge in [-0.2, -0.15) is 10.4 Å². The fourth-order valence-electron chi connectivity index (χ4n) is 1.05. The van der Waals surface area contributed by atoms with Gasteiger partial charge in [0.15, 0.2) is 0 Å². The van der Waals surface area contributed by atoms with E-state index in [1.54, 1.807) is 31.0 Å². The van der Waals surface area contributed by atoms with Crippen LogP contribution in [0.25, 0.3) is 0 Å². The van der Waals surface area contributed by atoms with Crippen LogP contribution < -0.4 is 5.32 Å². The van der Waals surface area contributed by atoms with E-state index in [4.69, 9.17) is 5.26 Å². The van der Waals surface area contributed by atoms with Crippen molar-refractivity contribution in [2.75, 3.05) is 5.32 Å². The largest absolute Gasteiger partial charge is 0.322 e. The molecule has 1 unspecified atom stereocenters. The maximum Gasteiger partial charge on any atom is 0.244 e. The molecule has 5 heteroatoms. The quantitative estimate of drug-likeness (QED) is 0.810. The van der Waals surface area contributed by atoms with E-state index in [0.29, 0.717) is 12.1 Å². The van der Waals surface area contributed by atoms with Crippen LogP contribution in [-0.4, -0.2) is 15.7 Å². The van der Waals surface area contributed by atoms with Gasteiger partial charge in [0.1, 0.15) is 5.41 Å². The Morgan fingerprint density at radius 3 is 2.87 bits per heavy atom. The molecule has 0 aliphatic rings. The van der Waals surface area contributed by atoms with Gasteiger partial charge in [0, 0.05) is 13.2 Å². The number of hydrogen-bond acceptors (Lipinski definition) is 3. The van der Waals surface area contributed by atoms with Crippen LogP contribution in [0.15, 0.2) is 12.4 Å². The Hall–Kier alpha value is -1.83. The number of rotatable bonds is 3. The Labute approximate surface area is 88.7 Å². The highest BCUT2D eigenvalue weighted by Gasteiger charge is 2.31. The molecule has 1 N–H and O–H groups in total. The summed E-state index contributed by atoms with van der Waals surface area (Å²) < 4.78 is 1.59. The van der Waals surface area contributed by atoms with Crippen molar-refractivity contribution >= 4 is 11.6 Å². The summed E-state index contributed by atoms with van der Waals surface area (Å²) in [5, 5.41) is 15.5. The number of amides is 1. The maximum atomic E-state index is 11.7. The third kappa shape index (κ3) is 2.34. The summed E-state index contributed by atoms with van der Waals surface area (Å²) in [5.41, 5.74) is -0.368. The topological polar surface area (TPSA) is 70.7 Å². The molecule has 1 aromatic heterocycles. The highest BCUT2D eigenvalue weighted by Crippen LogP contribution is 2.21. The number of hydrogen-bond donors (Lipinski definition) is 1. The molecule has 1 atom stereocenters. The first-order valence-corrected chi connectivity index (χ1v) is 4.73.